The van der Waals surface area contributed by atoms with Gasteiger partial charge in [-0.1, -0.05) is 43.3 Å². The van der Waals surface area contributed by atoms with Crippen molar-refractivity contribution in [2.75, 3.05) is 11.2 Å². The van der Waals surface area contributed by atoms with Crippen molar-refractivity contribution in [1.82, 2.24) is 0 Å². The molecule has 0 aliphatic rings. The highest BCUT2D eigenvalue weighted by atomic mass is 35.5. The summed E-state index contributed by atoms with van der Waals surface area (Å²) in [6, 6.07) is 22.1. The van der Waals surface area contributed by atoms with E-state index in [4.69, 9.17) is 11.6 Å². The van der Waals surface area contributed by atoms with Crippen LogP contribution in [0.1, 0.15) is 22.8 Å². The van der Waals surface area contributed by atoms with E-state index >= 15 is 0 Å². The Kier molecular flexibility index (Phi) is 5.87. The van der Waals surface area contributed by atoms with Gasteiger partial charge in [0, 0.05) is 23.2 Å². The summed E-state index contributed by atoms with van der Waals surface area (Å²) in [6.07, 6.45) is 1.68. The van der Waals surface area contributed by atoms with E-state index in [1.54, 1.807) is 6.07 Å². The summed E-state index contributed by atoms with van der Waals surface area (Å²) in [4.78, 5) is 13.8. The molecule has 28 heavy (non-hydrogen) atoms. The summed E-state index contributed by atoms with van der Waals surface area (Å²) in [5, 5.41) is -0.667. The summed E-state index contributed by atoms with van der Waals surface area (Å²) in [5.41, 5.74) is 3.02. The van der Waals surface area contributed by atoms with Gasteiger partial charge in [0.25, 0.3) is 5.24 Å². The summed E-state index contributed by atoms with van der Waals surface area (Å²) in [7, 11) is -3.63. The SMILES string of the molecule is CCc1cc(N(c2ccccc2)c2ccccc2)c(S(C)(=O)=O)cc1C(=O)Cl. The van der Waals surface area contributed by atoms with Crippen LogP contribution in [0.2, 0.25) is 0 Å². The Morgan fingerprint density at radius 2 is 1.43 bits per heavy atom. The third kappa shape index (κ3) is 4.11. The number of hydrogen-bond acceptors (Lipinski definition) is 4. The van der Waals surface area contributed by atoms with Gasteiger partial charge in [-0.3, -0.25) is 4.79 Å². The maximum absolute atomic E-state index is 12.6. The fraction of sp³-hybridized carbons (Fsp3) is 0.136. The molecule has 6 heteroatoms. The second-order valence-corrected chi connectivity index (χ2v) is 8.71. The zero-order valence-electron chi connectivity index (χ0n) is 15.6. The Labute approximate surface area is 170 Å². The van der Waals surface area contributed by atoms with Crippen molar-refractivity contribution in [2.45, 2.75) is 18.2 Å². The standard InChI is InChI=1S/C22H20ClNO3S/c1-3-16-14-20(21(28(2,26)27)15-19(16)22(23)25)24(17-10-6-4-7-11-17)18-12-8-5-9-13-18/h4-15H,3H2,1-2H3. The maximum atomic E-state index is 12.6. The van der Waals surface area contributed by atoms with E-state index in [1.807, 2.05) is 72.5 Å². The lowest BCUT2D eigenvalue weighted by Gasteiger charge is -2.28. The number of halogens is 1. The number of rotatable bonds is 6. The first kappa shape index (κ1) is 20.1. The number of carbonyl (C=O) groups is 1. The quantitative estimate of drug-likeness (QED) is 0.500. The molecule has 0 saturated heterocycles. The Morgan fingerprint density at radius 3 is 1.82 bits per heavy atom. The van der Waals surface area contributed by atoms with Gasteiger partial charge >= 0.3 is 0 Å². The van der Waals surface area contributed by atoms with Gasteiger partial charge in [0.2, 0.25) is 0 Å². The Hall–Kier alpha value is -2.63. The minimum absolute atomic E-state index is 0.0569. The van der Waals surface area contributed by atoms with Gasteiger partial charge in [-0.25, -0.2) is 8.42 Å². The van der Waals surface area contributed by atoms with Gasteiger partial charge in [-0.15, -0.1) is 0 Å². The Bertz CT molecular complexity index is 1060. The monoisotopic (exact) mass is 413 g/mol. The predicted octanol–water partition coefficient (Wildman–Crippen LogP) is 5.50. The van der Waals surface area contributed by atoms with Crippen LogP contribution in [-0.4, -0.2) is 19.9 Å². The van der Waals surface area contributed by atoms with Crippen LogP contribution in [0.3, 0.4) is 0 Å². The first-order valence-corrected chi connectivity index (χ1v) is 11.1. The van der Waals surface area contributed by atoms with Crippen molar-refractivity contribution in [1.29, 1.82) is 0 Å². The van der Waals surface area contributed by atoms with Crippen molar-refractivity contribution in [3.63, 3.8) is 0 Å². The average molecular weight is 414 g/mol. The van der Waals surface area contributed by atoms with Gasteiger partial charge in [-0.05, 0) is 60.0 Å². The summed E-state index contributed by atoms with van der Waals surface area (Å²) in [5.74, 6) is 0. The van der Waals surface area contributed by atoms with Gasteiger partial charge in [0.1, 0.15) is 0 Å². The number of nitrogens with zero attached hydrogens (tertiary/aromatic N) is 1. The molecule has 0 aromatic heterocycles. The first-order valence-electron chi connectivity index (χ1n) is 8.80. The van der Waals surface area contributed by atoms with Gasteiger partial charge in [0.05, 0.1) is 10.6 Å². The molecule has 0 radical (unpaired) electrons. The molecule has 0 atom stereocenters. The second kappa shape index (κ2) is 8.17. The minimum Gasteiger partial charge on any atom is -0.309 e. The lowest BCUT2D eigenvalue weighted by molar-refractivity contribution is 0.108. The molecule has 0 N–H and O–H groups in total. The molecule has 0 aliphatic carbocycles. The largest absolute Gasteiger partial charge is 0.309 e. The molecule has 3 aromatic carbocycles. The highest BCUT2D eigenvalue weighted by Crippen LogP contribution is 2.40. The third-order valence-corrected chi connectivity index (χ3v) is 5.78. The van der Waals surface area contributed by atoms with Crippen LogP contribution in [0.15, 0.2) is 77.7 Å². The number of hydrogen-bond donors (Lipinski definition) is 0. The van der Waals surface area contributed by atoms with Gasteiger partial charge in [-0.2, -0.15) is 0 Å². The van der Waals surface area contributed by atoms with E-state index in [2.05, 4.69) is 0 Å². The van der Waals surface area contributed by atoms with E-state index in [-0.39, 0.29) is 10.5 Å². The van der Waals surface area contributed by atoms with E-state index in [0.29, 0.717) is 17.7 Å². The van der Waals surface area contributed by atoms with Crippen LogP contribution in [0.25, 0.3) is 0 Å². The van der Waals surface area contributed by atoms with Crippen LogP contribution < -0.4 is 4.90 Å². The van der Waals surface area contributed by atoms with Gasteiger partial charge in [0.15, 0.2) is 9.84 Å². The summed E-state index contributed by atoms with van der Waals surface area (Å²) < 4.78 is 25.2. The number of sulfone groups is 1. The van der Waals surface area contributed by atoms with Crippen LogP contribution >= 0.6 is 11.6 Å². The average Bonchev–Trinajstić information content (AvgIpc) is 2.68. The smallest absolute Gasteiger partial charge is 0.252 e. The predicted molar refractivity (Wildman–Crippen MR) is 114 cm³/mol. The van der Waals surface area contributed by atoms with E-state index in [0.717, 1.165) is 17.6 Å². The molecular weight excluding hydrogens is 394 g/mol. The van der Waals surface area contributed by atoms with Crippen molar-refractivity contribution < 1.29 is 13.2 Å². The number of para-hydroxylation sites is 2. The fourth-order valence-electron chi connectivity index (χ4n) is 3.14. The van der Waals surface area contributed by atoms with E-state index < -0.39 is 15.1 Å². The molecular formula is C22H20ClNO3S. The van der Waals surface area contributed by atoms with Crippen LogP contribution in [-0.2, 0) is 16.3 Å². The third-order valence-electron chi connectivity index (χ3n) is 4.45. The molecule has 0 fully saturated rings. The zero-order chi connectivity index (χ0) is 20.3. The zero-order valence-corrected chi connectivity index (χ0v) is 17.2. The Morgan fingerprint density at radius 1 is 0.929 bits per heavy atom. The molecule has 0 heterocycles. The highest BCUT2D eigenvalue weighted by molar-refractivity contribution is 7.90. The molecule has 0 saturated carbocycles. The molecule has 0 amide bonds. The molecule has 0 spiro atoms. The normalized spacial score (nSPS) is 11.2. The summed E-state index contributed by atoms with van der Waals surface area (Å²) in [6.45, 7) is 1.90. The van der Waals surface area contributed by atoms with Gasteiger partial charge < -0.3 is 4.90 Å². The van der Waals surface area contributed by atoms with Crippen molar-refractivity contribution in [2.24, 2.45) is 0 Å². The van der Waals surface area contributed by atoms with Crippen LogP contribution in [0.5, 0.6) is 0 Å². The van der Waals surface area contributed by atoms with Crippen LogP contribution in [0.4, 0.5) is 17.1 Å². The molecule has 0 bridgehead atoms. The second-order valence-electron chi connectivity index (χ2n) is 6.38. The highest BCUT2D eigenvalue weighted by Gasteiger charge is 2.24. The van der Waals surface area contributed by atoms with E-state index in [9.17, 15) is 13.2 Å². The molecule has 0 aliphatic heterocycles. The topological polar surface area (TPSA) is 54.5 Å². The fourth-order valence-corrected chi connectivity index (χ4v) is 4.18. The Balaban J connectivity index is 2.38. The van der Waals surface area contributed by atoms with Crippen LogP contribution in [0, 0.1) is 0 Å². The number of aryl methyl sites for hydroxylation is 1. The van der Waals surface area contributed by atoms with Crippen molar-refractivity contribution >= 4 is 43.7 Å². The molecule has 3 aromatic rings. The van der Waals surface area contributed by atoms with E-state index in [1.165, 1.54) is 6.07 Å². The lowest BCUT2D eigenvalue weighted by Crippen LogP contribution is -2.15. The van der Waals surface area contributed by atoms with Crippen molar-refractivity contribution in [3.05, 3.63) is 83.9 Å². The molecule has 4 nitrogen and oxygen atoms in total. The maximum Gasteiger partial charge on any atom is 0.252 e. The molecule has 3 rings (SSSR count). The number of benzene rings is 3. The molecule has 144 valence electrons. The molecule has 0 unspecified atom stereocenters. The minimum atomic E-state index is -3.63. The number of carbonyl (C=O) groups excluding carboxylic acids is 1. The first-order chi connectivity index (χ1) is 13.3. The lowest BCUT2D eigenvalue weighted by atomic mass is 10.0. The summed E-state index contributed by atoms with van der Waals surface area (Å²) >= 11 is 5.73. The number of anilines is 3. The van der Waals surface area contributed by atoms with Crippen molar-refractivity contribution in [3.8, 4) is 0 Å².